The first-order valence-electron chi connectivity index (χ1n) is 5.82. The molecule has 1 amide bonds. The number of aromatic nitrogens is 2. The molecule has 5 nitrogen and oxygen atoms in total. The summed E-state index contributed by atoms with van der Waals surface area (Å²) in [6.45, 7) is 2.35. The number of carbonyl (C=O) groups is 1. The van der Waals surface area contributed by atoms with Gasteiger partial charge in [-0.2, -0.15) is 5.10 Å². The van der Waals surface area contributed by atoms with Crippen molar-refractivity contribution in [3.63, 3.8) is 0 Å². The predicted molar refractivity (Wildman–Crippen MR) is 68.9 cm³/mol. The molecule has 2 aromatic rings. The monoisotopic (exact) mass is 244 g/mol. The molecule has 18 heavy (non-hydrogen) atoms. The Morgan fingerprint density at radius 2 is 2.28 bits per heavy atom. The van der Waals surface area contributed by atoms with Gasteiger partial charge in [-0.05, 0) is 23.8 Å². The van der Waals surface area contributed by atoms with Crippen molar-refractivity contribution in [2.24, 2.45) is 5.73 Å². The van der Waals surface area contributed by atoms with Crippen LogP contribution in [0.1, 0.15) is 15.9 Å². The summed E-state index contributed by atoms with van der Waals surface area (Å²) in [6.07, 6.45) is 3.69. The lowest BCUT2D eigenvalue weighted by Crippen LogP contribution is -2.20. The lowest BCUT2D eigenvalue weighted by Gasteiger charge is -2.06. The lowest BCUT2D eigenvalue weighted by molar-refractivity contribution is 0.1000. The van der Waals surface area contributed by atoms with Crippen LogP contribution in [0.2, 0.25) is 0 Å². The number of carbonyl (C=O) groups excluding carboxylic acids is 1. The lowest BCUT2D eigenvalue weighted by atomic mass is 10.1. The Morgan fingerprint density at radius 3 is 3.00 bits per heavy atom. The molecule has 2 rings (SSSR count). The number of nitrogens with one attached hydrogen (secondary N) is 1. The van der Waals surface area contributed by atoms with Crippen molar-refractivity contribution in [3.05, 3.63) is 53.9 Å². The van der Waals surface area contributed by atoms with Gasteiger partial charge in [-0.15, -0.1) is 0 Å². The van der Waals surface area contributed by atoms with Gasteiger partial charge < -0.3 is 11.1 Å². The summed E-state index contributed by atoms with van der Waals surface area (Å²) < 4.78 is 1.87. The number of hydrogen-bond acceptors (Lipinski definition) is 3. The molecule has 1 aromatic heterocycles. The van der Waals surface area contributed by atoms with Crippen molar-refractivity contribution < 1.29 is 4.79 Å². The molecule has 0 saturated heterocycles. The molecule has 0 aliphatic heterocycles. The summed E-state index contributed by atoms with van der Waals surface area (Å²) in [6, 6.07) is 9.23. The summed E-state index contributed by atoms with van der Waals surface area (Å²) in [5, 5.41) is 7.41. The molecule has 1 heterocycles. The Bertz CT molecular complexity index is 507. The maximum absolute atomic E-state index is 11.0. The van der Waals surface area contributed by atoms with Gasteiger partial charge in [-0.1, -0.05) is 12.1 Å². The average Bonchev–Trinajstić information content (AvgIpc) is 2.88. The zero-order valence-corrected chi connectivity index (χ0v) is 10.0. The van der Waals surface area contributed by atoms with Crippen molar-refractivity contribution in [1.29, 1.82) is 0 Å². The van der Waals surface area contributed by atoms with E-state index in [1.165, 1.54) is 0 Å². The Kier molecular flexibility index (Phi) is 4.09. The fraction of sp³-hybridized carbons (Fsp3) is 0.231. The van der Waals surface area contributed by atoms with Crippen LogP contribution in [-0.2, 0) is 13.1 Å². The van der Waals surface area contributed by atoms with Crippen LogP contribution in [0, 0.1) is 0 Å². The van der Waals surface area contributed by atoms with Gasteiger partial charge in [0.2, 0.25) is 5.91 Å². The van der Waals surface area contributed by atoms with Crippen LogP contribution in [0.15, 0.2) is 42.7 Å². The summed E-state index contributed by atoms with van der Waals surface area (Å²) in [4.78, 5) is 11.0. The zero-order valence-electron chi connectivity index (χ0n) is 10.0. The van der Waals surface area contributed by atoms with Gasteiger partial charge in [0.05, 0.1) is 6.54 Å². The van der Waals surface area contributed by atoms with Crippen LogP contribution in [0.4, 0.5) is 0 Å². The summed E-state index contributed by atoms with van der Waals surface area (Å²) in [5.74, 6) is -0.395. The summed E-state index contributed by atoms with van der Waals surface area (Å²) in [5.41, 5.74) is 6.82. The van der Waals surface area contributed by atoms with E-state index in [4.69, 9.17) is 5.73 Å². The van der Waals surface area contributed by atoms with E-state index in [1.807, 2.05) is 35.1 Å². The number of benzene rings is 1. The maximum Gasteiger partial charge on any atom is 0.248 e. The normalized spacial score (nSPS) is 10.4. The van der Waals surface area contributed by atoms with Gasteiger partial charge in [-0.3, -0.25) is 9.48 Å². The van der Waals surface area contributed by atoms with Crippen molar-refractivity contribution >= 4 is 5.91 Å². The maximum atomic E-state index is 11.0. The number of rotatable bonds is 6. The Hall–Kier alpha value is -2.14. The molecule has 0 spiro atoms. The van der Waals surface area contributed by atoms with Gasteiger partial charge in [0.25, 0.3) is 0 Å². The largest absolute Gasteiger partial charge is 0.366 e. The van der Waals surface area contributed by atoms with Crippen LogP contribution in [0.25, 0.3) is 0 Å². The fourth-order valence-electron chi connectivity index (χ4n) is 1.69. The highest BCUT2D eigenvalue weighted by Crippen LogP contribution is 2.04. The van der Waals surface area contributed by atoms with Crippen molar-refractivity contribution in [2.45, 2.75) is 13.1 Å². The minimum Gasteiger partial charge on any atom is -0.366 e. The topological polar surface area (TPSA) is 72.9 Å². The first-order chi connectivity index (χ1) is 8.75. The molecule has 5 heteroatoms. The molecular weight excluding hydrogens is 228 g/mol. The van der Waals surface area contributed by atoms with E-state index in [9.17, 15) is 4.79 Å². The molecular formula is C13H16N4O. The third-order valence-corrected chi connectivity index (χ3v) is 2.62. The third-order valence-electron chi connectivity index (χ3n) is 2.62. The first-order valence-corrected chi connectivity index (χ1v) is 5.82. The molecule has 0 radical (unpaired) electrons. The number of nitrogens with two attached hydrogens (primary N) is 1. The van der Waals surface area contributed by atoms with E-state index >= 15 is 0 Å². The molecule has 0 bridgehead atoms. The van der Waals surface area contributed by atoms with Crippen LogP contribution < -0.4 is 11.1 Å². The second-order valence-corrected chi connectivity index (χ2v) is 4.01. The molecule has 0 saturated carbocycles. The number of primary amides is 1. The van der Waals surface area contributed by atoms with E-state index in [0.29, 0.717) is 12.1 Å². The Morgan fingerprint density at radius 1 is 1.39 bits per heavy atom. The van der Waals surface area contributed by atoms with Gasteiger partial charge >= 0.3 is 0 Å². The van der Waals surface area contributed by atoms with Crippen molar-refractivity contribution in [2.75, 3.05) is 6.54 Å². The van der Waals surface area contributed by atoms with Crippen molar-refractivity contribution in [1.82, 2.24) is 15.1 Å². The van der Waals surface area contributed by atoms with E-state index in [1.54, 1.807) is 12.3 Å². The van der Waals surface area contributed by atoms with E-state index < -0.39 is 5.91 Å². The SMILES string of the molecule is NC(=O)c1cccc(CNCCn2cccn2)c1. The minimum atomic E-state index is -0.395. The molecule has 0 aliphatic carbocycles. The zero-order chi connectivity index (χ0) is 12.8. The average molecular weight is 244 g/mol. The number of amides is 1. The smallest absolute Gasteiger partial charge is 0.248 e. The van der Waals surface area contributed by atoms with Gasteiger partial charge in [0, 0.05) is 31.0 Å². The molecule has 0 fully saturated rings. The predicted octanol–water partition coefficient (Wildman–Crippen LogP) is 0.772. The van der Waals surface area contributed by atoms with Crippen LogP contribution >= 0.6 is 0 Å². The highest BCUT2D eigenvalue weighted by Gasteiger charge is 2.00. The van der Waals surface area contributed by atoms with Crippen LogP contribution in [-0.4, -0.2) is 22.2 Å². The van der Waals surface area contributed by atoms with Gasteiger partial charge in [-0.25, -0.2) is 0 Å². The quantitative estimate of drug-likeness (QED) is 0.737. The highest BCUT2D eigenvalue weighted by molar-refractivity contribution is 5.92. The fourth-order valence-corrected chi connectivity index (χ4v) is 1.69. The minimum absolute atomic E-state index is 0.395. The Labute approximate surface area is 106 Å². The summed E-state index contributed by atoms with van der Waals surface area (Å²) >= 11 is 0. The molecule has 0 unspecified atom stereocenters. The van der Waals surface area contributed by atoms with Crippen LogP contribution in [0.5, 0.6) is 0 Å². The Balaban J connectivity index is 1.79. The van der Waals surface area contributed by atoms with Gasteiger partial charge in [0.1, 0.15) is 0 Å². The van der Waals surface area contributed by atoms with E-state index in [0.717, 1.165) is 18.7 Å². The molecule has 94 valence electrons. The second kappa shape index (κ2) is 5.97. The first kappa shape index (κ1) is 12.3. The van der Waals surface area contributed by atoms with E-state index in [-0.39, 0.29) is 0 Å². The third kappa shape index (κ3) is 3.43. The molecule has 0 atom stereocenters. The molecule has 1 aromatic carbocycles. The number of nitrogens with zero attached hydrogens (tertiary/aromatic N) is 2. The van der Waals surface area contributed by atoms with Crippen LogP contribution in [0.3, 0.4) is 0 Å². The second-order valence-electron chi connectivity index (χ2n) is 4.01. The number of hydrogen-bond donors (Lipinski definition) is 2. The van der Waals surface area contributed by atoms with E-state index in [2.05, 4.69) is 10.4 Å². The molecule has 3 N–H and O–H groups in total. The highest BCUT2D eigenvalue weighted by atomic mass is 16.1. The summed E-state index contributed by atoms with van der Waals surface area (Å²) in [7, 11) is 0. The standard InChI is InChI=1S/C13H16N4O/c14-13(18)12-4-1-3-11(9-12)10-15-6-8-17-7-2-5-16-17/h1-5,7,9,15H,6,8,10H2,(H2,14,18). The van der Waals surface area contributed by atoms with Gasteiger partial charge in [0.15, 0.2) is 0 Å². The molecule has 0 aliphatic rings. The van der Waals surface area contributed by atoms with Crippen molar-refractivity contribution in [3.8, 4) is 0 Å².